The van der Waals surface area contributed by atoms with Crippen LogP contribution in [0.25, 0.3) is 26.8 Å². The van der Waals surface area contributed by atoms with Crippen LogP contribution >= 0.6 is 11.3 Å². The lowest BCUT2D eigenvalue weighted by atomic mass is 10.1. The van der Waals surface area contributed by atoms with Crippen molar-refractivity contribution in [1.82, 2.24) is 14.6 Å². The van der Waals surface area contributed by atoms with Gasteiger partial charge in [-0.2, -0.15) is 5.10 Å². The van der Waals surface area contributed by atoms with Crippen molar-refractivity contribution < 1.29 is 14.9 Å². The highest BCUT2D eigenvalue weighted by atomic mass is 32.1. The van der Waals surface area contributed by atoms with Crippen LogP contribution < -0.4 is 4.74 Å². The minimum atomic E-state index is -1.46. The summed E-state index contributed by atoms with van der Waals surface area (Å²) in [5.41, 5.74) is 3.26. The predicted octanol–water partition coefficient (Wildman–Crippen LogP) is 5.07. The van der Waals surface area contributed by atoms with Crippen molar-refractivity contribution in [1.29, 1.82) is 0 Å². The molecule has 6 nitrogen and oxygen atoms in total. The standard InChI is InChI=1S/C23H25N3O3S/c1-2-3-4-5-14-29-19-12-10-16(11-13-19)20-15-26-23(24-20)30-21(25-26)17-6-8-18(9-7-17)22(27)28/h6-13,15,22,27-28H,2-5,14H2,1H3. The number of hydrogen-bond donors (Lipinski definition) is 2. The Bertz CT molecular complexity index is 1050. The molecule has 0 aliphatic rings. The largest absolute Gasteiger partial charge is 0.494 e. The number of hydrogen-bond acceptors (Lipinski definition) is 6. The van der Waals surface area contributed by atoms with Gasteiger partial charge in [-0.1, -0.05) is 61.8 Å². The monoisotopic (exact) mass is 423 g/mol. The topological polar surface area (TPSA) is 79.9 Å². The van der Waals surface area contributed by atoms with Crippen molar-refractivity contribution in [3.8, 4) is 27.6 Å². The van der Waals surface area contributed by atoms with E-state index in [0.29, 0.717) is 5.56 Å². The average Bonchev–Trinajstić information content (AvgIpc) is 3.34. The molecule has 0 aliphatic carbocycles. The third-order valence-corrected chi connectivity index (χ3v) is 5.89. The maximum Gasteiger partial charge on any atom is 0.213 e. The number of unbranched alkanes of at least 4 members (excludes halogenated alkanes) is 3. The van der Waals surface area contributed by atoms with Gasteiger partial charge in [-0.15, -0.1) is 0 Å². The minimum absolute atomic E-state index is 0.454. The normalized spacial score (nSPS) is 11.5. The first-order valence-corrected chi connectivity index (χ1v) is 11.0. The Hall–Kier alpha value is -2.74. The van der Waals surface area contributed by atoms with Crippen LogP contribution in [0.5, 0.6) is 5.75 Å². The quantitative estimate of drug-likeness (QED) is 0.290. The second-order valence-electron chi connectivity index (χ2n) is 7.19. The second kappa shape index (κ2) is 9.38. The highest BCUT2D eigenvalue weighted by molar-refractivity contribution is 7.19. The van der Waals surface area contributed by atoms with Crippen molar-refractivity contribution in [2.24, 2.45) is 0 Å². The van der Waals surface area contributed by atoms with E-state index in [4.69, 9.17) is 9.72 Å². The summed E-state index contributed by atoms with van der Waals surface area (Å²) in [6.45, 7) is 2.96. The summed E-state index contributed by atoms with van der Waals surface area (Å²) in [7, 11) is 0. The van der Waals surface area contributed by atoms with Gasteiger partial charge in [0.25, 0.3) is 0 Å². The molecular formula is C23H25N3O3S. The highest BCUT2D eigenvalue weighted by Gasteiger charge is 2.12. The maximum atomic E-state index is 9.22. The predicted molar refractivity (Wildman–Crippen MR) is 119 cm³/mol. The molecule has 0 radical (unpaired) electrons. The third kappa shape index (κ3) is 4.70. The van der Waals surface area contributed by atoms with Crippen LogP contribution in [0.2, 0.25) is 0 Å². The highest BCUT2D eigenvalue weighted by Crippen LogP contribution is 2.29. The Labute approximate surface area is 179 Å². The number of benzene rings is 2. The number of aromatic nitrogens is 3. The van der Waals surface area contributed by atoms with Gasteiger partial charge in [0.05, 0.1) is 18.5 Å². The van der Waals surface area contributed by atoms with Crippen LogP contribution in [0.15, 0.2) is 54.7 Å². The summed E-state index contributed by atoms with van der Waals surface area (Å²) in [6.07, 6.45) is 5.24. The summed E-state index contributed by atoms with van der Waals surface area (Å²) in [4.78, 5) is 5.51. The van der Waals surface area contributed by atoms with E-state index in [2.05, 4.69) is 12.0 Å². The van der Waals surface area contributed by atoms with Gasteiger partial charge in [-0.3, -0.25) is 0 Å². The van der Waals surface area contributed by atoms with E-state index < -0.39 is 6.29 Å². The molecule has 0 atom stereocenters. The van der Waals surface area contributed by atoms with Crippen LogP contribution in [-0.4, -0.2) is 31.4 Å². The Morgan fingerprint density at radius 1 is 0.967 bits per heavy atom. The molecule has 0 unspecified atom stereocenters. The molecule has 156 valence electrons. The molecule has 7 heteroatoms. The van der Waals surface area contributed by atoms with E-state index in [0.717, 1.165) is 45.6 Å². The molecule has 2 aromatic heterocycles. The summed E-state index contributed by atoms with van der Waals surface area (Å²) in [5, 5.41) is 23.9. The molecule has 0 amide bonds. The fourth-order valence-corrected chi connectivity index (χ4v) is 4.08. The van der Waals surface area contributed by atoms with Crippen LogP contribution in [0.1, 0.15) is 44.5 Å². The van der Waals surface area contributed by atoms with Gasteiger partial charge in [0.1, 0.15) is 10.8 Å². The molecule has 2 heterocycles. The van der Waals surface area contributed by atoms with Crippen LogP contribution in [0.4, 0.5) is 0 Å². The van der Waals surface area contributed by atoms with Crippen molar-refractivity contribution in [2.75, 3.05) is 6.61 Å². The smallest absolute Gasteiger partial charge is 0.213 e. The first-order chi connectivity index (χ1) is 14.6. The molecule has 30 heavy (non-hydrogen) atoms. The van der Waals surface area contributed by atoms with E-state index in [1.54, 1.807) is 16.6 Å². The zero-order chi connectivity index (χ0) is 20.9. The van der Waals surface area contributed by atoms with Gasteiger partial charge < -0.3 is 14.9 Å². The van der Waals surface area contributed by atoms with Crippen LogP contribution in [0, 0.1) is 0 Å². The van der Waals surface area contributed by atoms with E-state index in [-0.39, 0.29) is 0 Å². The Morgan fingerprint density at radius 2 is 1.70 bits per heavy atom. The maximum absolute atomic E-state index is 9.22. The van der Waals surface area contributed by atoms with Crippen molar-refractivity contribution >= 4 is 16.3 Å². The Balaban J connectivity index is 1.43. The summed E-state index contributed by atoms with van der Waals surface area (Å²) < 4.78 is 7.59. The van der Waals surface area contributed by atoms with E-state index >= 15 is 0 Å². The van der Waals surface area contributed by atoms with E-state index in [1.165, 1.54) is 30.6 Å². The lowest BCUT2D eigenvalue weighted by Gasteiger charge is -2.06. The molecule has 0 saturated heterocycles. The van der Waals surface area contributed by atoms with Gasteiger partial charge in [0.2, 0.25) is 4.96 Å². The Morgan fingerprint density at radius 3 is 2.37 bits per heavy atom. The van der Waals surface area contributed by atoms with Crippen molar-refractivity contribution in [2.45, 2.75) is 38.9 Å². The lowest BCUT2D eigenvalue weighted by Crippen LogP contribution is -1.96. The van der Waals surface area contributed by atoms with Crippen LogP contribution in [0.3, 0.4) is 0 Å². The molecular weight excluding hydrogens is 398 g/mol. The minimum Gasteiger partial charge on any atom is -0.494 e. The molecule has 2 aromatic carbocycles. The van der Waals surface area contributed by atoms with Crippen LogP contribution in [-0.2, 0) is 0 Å². The van der Waals surface area contributed by atoms with Gasteiger partial charge in [-0.05, 0) is 30.7 Å². The van der Waals surface area contributed by atoms with Gasteiger partial charge in [0.15, 0.2) is 6.29 Å². The number of nitrogens with zero attached hydrogens (tertiary/aromatic N) is 3. The van der Waals surface area contributed by atoms with E-state index in [9.17, 15) is 10.2 Å². The summed E-state index contributed by atoms with van der Waals surface area (Å²) >= 11 is 1.49. The fraction of sp³-hybridized carbons (Fsp3) is 0.304. The third-order valence-electron chi connectivity index (χ3n) is 4.92. The first kappa shape index (κ1) is 20.5. The molecule has 2 N–H and O–H groups in total. The molecule has 0 fully saturated rings. The summed E-state index contributed by atoms with van der Waals surface area (Å²) in [5.74, 6) is 0.883. The van der Waals surface area contributed by atoms with Crippen molar-refractivity contribution in [3.63, 3.8) is 0 Å². The van der Waals surface area contributed by atoms with Gasteiger partial charge in [0, 0.05) is 16.7 Å². The number of imidazole rings is 1. The zero-order valence-corrected chi connectivity index (χ0v) is 17.7. The SMILES string of the molecule is CCCCCCOc1ccc(-c2cn3nc(-c4ccc(C(O)O)cc4)sc3n2)cc1. The Kier molecular flexibility index (Phi) is 6.42. The van der Waals surface area contributed by atoms with Gasteiger partial charge in [-0.25, -0.2) is 9.50 Å². The number of aliphatic hydroxyl groups excluding tert-OH is 1. The average molecular weight is 424 g/mol. The molecule has 0 bridgehead atoms. The first-order valence-electron chi connectivity index (χ1n) is 10.2. The summed E-state index contributed by atoms with van der Waals surface area (Å²) in [6, 6.07) is 15.0. The second-order valence-corrected chi connectivity index (χ2v) is 8.15. The number of rotatable bonds is 9. The fourth-order valence-electron chi connectivity index (χ4n) is 3.19. The number of fused-ring (bicyclic) bond motifs is 1. The zero-order valence-electron chi connectivity index (χ0n) is 16.9. The van der Waals surface area contributed by atoms with Gasteiger partial charge >= 0.3 is 0 Å². The molecule has 0 aliphatic heterocycles. The molecule has 4 aromatic rings. The molecule has 0 saturated carbocycles. The van der Waals surface area contributed by atoms with Crippen molar-refractivity contribution in [3.05, 3.63) is 60.3 Å². The lowest BCUT2D eigenvalue weighted by molar-refractivity contribution is -0.0424. The molecule has 0 spiro atoms. The number of ether oxygens (including phenoxy) is 1. The molecule has 4 rings (SSSR count). The van der Waals surface area contributed by atoms with E-state index in [1.807, 2.05) is 42.6 Å². The number of aliphatic hydroxyl groups is 2.